The van der Waals surface area contributed by atoms with Gasteiger partial charge in [0.15, 0.2) is 5.78 Å². The van der Waals surface area contributed by atoms with Gasteiger partial charge in [-0.15, -0.1) is 0 Å². The summed E-state index contributed by atoms with van der Waals surface area (Å²) in [5.41, 5.74) is 3.96. The molecule has 2 unspecified atom stereocenters. The summed E-state index contributed by atoms with van der Waals surface area (Å²) < 4.78 is 13.7. The lowest BCUT2D eigenvalue weighted by molar-refractivity contribution is -0.384. The quantitative estimate of drug-likeness (QED) is 0.346. The molecule has 1 heterocycles. The number of nitrogens with one attached hydrogen (secondary N) is 2. The van der Waals surface area contributed by atoms with E-state index in [1.165, 1.54) is 30.3 Å². The minimum Gasteiger partial charge on any atom is -0.362 e. The van der Waals surface area contributed by atoms with Crippen LogP contribution in [0.3, 0.4) is 0 Å². The number of Topliss-reactive ketones (excluding diaryl/α,β-unsaturated/α-hetero) is 1. The maximum absolute atomic E-state index is 13.7. The van der Waals surface area contributed by atoms with Crippen LogP contribution in [0, 0.1) is 15.9 Å². The largest absolute Gasteiger partial charge is 0.362 e. The molecular formula is C29H24FN3O4. The summed E-state index contributed by atoms with van der Waals surface area (Å²) in [7, 11) is 0. The van der Waals surface area contributed by atoms with Gasteiger partial charge in [-0.25, -0.2) is 4.39 Å². The second-order valence-electron chi connectivity index (χ2n) is 9.24. The van der Waals surface area contributed by atoms with E-state index in [2.05, 4.69) is 10.6 Å². The number of halogens is 1. The Bertz CT molecular complexity index is 1460. The second-order valence-corrected chi connectivity index (χ2v) is 9.24. The van der Waals surface area contributed by atoms with Gasteiger partial charge in [-0.1, -0.05) is 48.5 Å². The topological polar surface area (TPSA) is 101 Å². The average Bonchev–Trinajstić information content (AvgIpc) is 2.88. The molecule has 2 aliphatic rings. The number of carbonyl (C=O) groups is 2. The molecule has 2 N–H and O–H groups in total. The first-order valence-corrected chi connectivity index (χ1v) is 11.9. The molecule has 0 spiro atoms. The van der Waals surface area contributed by atoms with E-state index >= 15 is 0 Å². The first kappa shape index (κ1) is 24.1. The number of carbonyl (C=O) groups excluding carboxylic acids is 2. The van der Waals surface area contributed by atoms with Gasteiger partial charge in [0, 0.05) is 52.7 Å². The van der Waals surface area contributed by atoms with Crippen LogP contribution in [-0.4, -0.2) is 16.6 Å². The third-order valence-electron chi connectivity index (χ3n) is 6.86. The normalized spacial score (nSPS) is 19.2. The molecule has 0 aromatic heterocycles. The van der Waals surface area contributed by atoms with Crippen molar-refractivity contribution in [3.05, 3.63) is 128 Å². The van der Waals surface area contributed by atoms with Crippen molar-refractivity contribution in [2.24, 2.45) is 0 Å². The SMILES string of the molecule is CC1=C(C(=O)Nc2cccc(F)c2)C(c2ccc([N+](=O)[O-])cc2)C2=C(CC(c3ccccc3)CC2=O)N1. The van der Waals surface area contributed by atoms with Crippen LogP contribution in [0.25, 0.3) is 0 Å². The fourth-order valence-corrected chi connectivity index (χ4v) is 5.19. The molecule has 1 aliphatic heterocycles. The molecule has 2 atom stereocenters. The lowest BCUT2D eigenvalue weighted by atomic mass is 9.71. The first-order valence-electron chi connectivity index (χ1n) is 11.9. The Morgan fingerprint density at radius 2 is 1.73 bits per heavy atom. The molecule has 1 aliphatic carbocycles. The van der Waals surface area contributed by atoms with Gasteiger partial charge in [0.25, 0.3) is 11.6 Å². The third-order valence-corrected chi connectivity index (χ3v) is 6.86. The van der Waals surface area contributed by atoms with Gasteiger partial charge in [0.1, 0.15) is 5.82 Å². The number of benzene rings is 3. The van der Waals surface area contributed by atoms with E-state index in [0.717, 1.165) is 11.3 Å². The van der Waals surface area contributed by atoms with Crippen molar-refractivity contribution >= 4 is 23.1 Å². The third kappa shape index (κ3) is 4.78. The Morgan fingerprint density at radius 3 is 2.41 bits per heavy atom. The van der Waals surface area contributed by atoms with Crippen molar-refractivity contribution in [3.63, 3.8) is 0 Å². The highest BCUT2D eigenvalue weighted by Gasteiger charge is 2.41. The van der Waals surface area contributed by atoms with Crippen LogP contribution in [0.1, 0.15) is 42.7 Å². The first-order chi connectivity index (χ1) is 17.8. The van der Waals surface area contributed by atoms with Crippen LogP contribution in [0.15, 0.2) is 101 Å². The molecule has 0 radical (unpaired) electrons. The molecule has 3 aromatic rings. The van der Waals surface area contributed by atoms with Gasteiger partial charge < -0.3 is 10.6 Å². The molecule has 186 valence electrons. The number of rotatable bonds is 5. The molecule has 0 fully saturated rings. The van der Waals surface area contributed by atoms with Gasteiger partial charge in [-0.2, -0.15) is 0 Å². The minimum absolute atomic E-state index is 0.00655. The molecule has 3 aromatic carbocycles. The van der Waals surface area contributed by atoms with Crippen molar-refractivity contribution in [1.82, 2.24) is 5.32 Å². The maximum atomic E-state index is 13.7. The fraction of sp³-hybridized carbons (Fsp3) is 0.172. The molecule has 7 nitrogen and oxygen atoms in total. The minimum atomic E-state index is -0.727. The van der Waals surface area contributed by atoms with Gasteiger partial charge >= 0.3 is 0 Å². The van der Waals surface area contributed by atoms with E-state index in [0.29, 0.717) is 28.8 Å². The maximum Gasteiger partial charge on any atom is 0.269 e. The lowest BCUT2D eigenvalue weighted by Gasteiger charge is -2.37. The Morgan fingerprint density at radius 1 is 1.00 bits per heavy atom. The van der Waals surface area contributed by atoms with Gasteiger partial charge in [-0.3, -0.25) is 19.7 Å². The van der Waals surface area contributed by atoms with Crippen molar-refractivity contribution in [2.45, 2.75) is 31.6 Å². The fourth-order valence-electron chi connectivity index (χ4n) is 5.19. The van der Waals surface area contributed by atoms with Crippen LogP contribution in [0.4, 0.5) is 15.8 Å². The van der Waals surface area contributed by atoms with E-state index in [4.69, 9.17) is 0 Å². The number of nitrogens with zero attached hydrogens (tertiary/aromatic N) is 1. The summed E-state index contributed by atoms with van der Waals surface area (Å²) in [6.07, 6.45) is 0.872. The van der Waals surface area contributed by atoms with E-state index in [1.807, 2.05) is 30.3 Å². The number of hydrogen-bond donors (Lipinski definition) is 2. The molecular weight excluding hydrogens is 473 g/mol. The number of allylic oxidation sites excluding steroid dienone is 3. The van der Waals surface area contributed by atoms with Gasteiger partial charge in [-0.05, 0) is 48.6 Å². The Kier molecular flexibility index (Phi) is 6.40. The summed E-state index contributed by atoms with van der Waals surface area (Å²) in [5, 5.41) is 17.3. The Balaban J connectivity index is 1.57. The molecule has 37 heavy (non-hydrogen) atoms. The molecule has 0 bridgehead atoms. The number of ketones is 1. The predicted octanol–water partition coefficient (Wildman–Crippen LogP) is 5.73. The predicted molar refractivity (Wildman–Crippen MR) is 137 cm³/mol. The van der Waals surface area contributed by atoms with Gasteiger partial charge in [0.05, 0.1) is 4.92 Å². The summed E-state index contributed by atoms with van der Waals surface area (Å²) in [6, 6.07) is 21.3. The van der Waals surface area contributed by atoms with E-state index in [1.54, 1.807) is 25.1 Å². The summed E-state index contributed by atoms with van der Waals surface area (Å²) in [4.78, 5) is 37.9. The number of nitro groups is 1. The zero-order valence-electron chi connectivity index (χ0n) is 20.0. The van der Waals surface area contributed by atoms with Crippen molar-refractivity contribution < 1.29 is 18.9 Å². The number of nitro benzene ring substituents is 1. The van der Waals surface area contributed by atoms with E-state index in [-0.39, 0.29) is 29.5 Å². The highest BCUT2D eigenvalue weighted by molar-refractivity contribution is 6.10. The summed E-state index contributed by atoms with van der Waals surface area (Å²) >= 11 is 0. The van der Waals surface area contributed by atoms with Crippen LogP contribution in [-0.2, 0) is 9.59 Å². The van der Waals surface area contributed by atoms with Crippen LogP contribution < -0.4 is 10.6 Å². The molecule has 0 saturated heterocycles. The summed E-state index contributed by atoms with van der Waals surface area (Å²) in [6.45, 7) is 1.76. The highest BCUT2D eigenvalue weighted by atomic mass is 19.1. The van der Waals surface area contributed by atoms with Crippen LogP contribution in [0.2, 0.25) is 0 Å². The second kappa shape index (κ2) is 9.81. The Labute approximate surface area is 212 Å². The smallest absolute Gasteiger partial charge is 0.269 e. The van der Waals surface area contributed by atoms with Gasteiger partial charge in [0.2, 0.25) is 0 Å². The standard InChI is InChI=1S/C29H24FN3O4/c1-17-26(29(35)32-22-9-5-8-21(30)16-22)27(19-10-12-23(13-11-19)33(36)37)28-24(31-17)14-20(15-25(28)34)18-6-3-2-4-7-18/h2-13,16,20,27,31H,14-15H2,1H3,(H,32,35). The Hall–Kier alpha value is -4.59. The number of dihydropyridines is 1. The average molecular weight is 498 g/mol. The van der Waals surface area contributed by atoms with Crippen molar-refractivity contribution in [2.75, 3.05) is 5.32 Å². The molecule has 8 heteroatoms. The number of hydrogen-bond acceptors (Lipinski definition) is 5. The molecule has 1 amide bonds. The molecule has 5 rings (SSSR count). The molecule has 0 saturated carbocycles. The van der Waals surface area contributed by atoms with E-state index < -0.39 is 22.6 Å². The number of amides is 1. The van der Waals surface area contributed by atoms with Crippen molar-refractivity contribution in [3.8, 4) is 0 Å². The lowest BCUT2D eigenvalue weighted by Crippen LogP contribution is -2.37. The monoisotopic (exact) mass is 497 g/mol. The summed E-state index contributed by atoms with van der Waals surface area (Å²) in [5.74, 6) is -1.79. The zero-order valence-corrected chi connectivity index (χ0v) is 20.0. The van der Waals surface area contributed by atoms with Crippen LogP contribution in [0.5, 0.6) is 0 Å². The zero-order chi connectivity index (χ0) is 26.1. The van der Waals surface area contributed by atoms with Crippen molar-refractivity contribution in [1.29, 1.82) is 0 Å². The number of non-ortho nitro benzene ring substituents is 1. The highest BCUT2D eigenvalue weighted by Crippen LogP contribution is 2.45. The van der Waals surface area contributed by atoms with Crippen LogP contribution >= 0.6 is 0 Å². The van der Waals surface area contributed by atoms with E-state index in [9.17, 15) is 24.1 Å². The number of anilines is 1.